The standard InChI is InChI=1S/C42H55N3O11S/c1-12-45(13-2)41-44-30-27-28-34(49)24(8)37-29(27)39(51)42(10,56-37)54-18-17-26(53-11)21(5)36(55-25(9)46)23(7)33(48)22(6)32(47)19(3)15-14-16-20(4)40(52)43-31(35(28)50)38(30)57-41/h14-19,21-23,26,32-33,36,47-50H,12-13H2,1-11H3,(H,43,52)/b15-14+,18-17+,20-16-. The van der Waals surface area contributed by atoms with Crippen LogP contribution in [0.25, 0.3) is 21.0 Å². The van der Waals surface area contributed by atoms with Crippen LogP contribution in [0, 0.1) is 30.6 Å². The largest absolute Gasteiger partial charge is 0.507 e. The molecule has 57 heavy (non-hydrogen) atoms. The van der Waals surface area contributed by atoms with E-state index in [1.807, 2.05) is 18.7 Å². The van der Waals surface area contributed by atoms with Crippen molar-refractivity contribution in [1.82, 2.24) is 4.98 Å². The van der Waals surface area contributed by atoms with Crippen LogP contribution in [0.5, 0.6) is 17.2 Å². The van der Waals surface area contributed by atoms with E-state index in [0.717, 1.165) is 0 Å². The number of thiazole rings is 1. The summed E-state index contributed by atoms with van der Waals surface area (Å²) in [6.07, 6.45) is 3.95. The van der Waals surface area contributed by atoms with Crippen LogP contribution in [-0.4, -0.2) is 93.5 Å². The number of rotatable bonds is 5. The van der Waals surface area contributed by atoms with E-state index in [1.165, 1.54) is 38.6 Å². The van der Waals surface area contributed by atoms with Gasteiger partial charge in [0.15, 0.2) is 10.9 Å². The number of allylic oxidation sites excluding steroid dienone is 2. The Morgan fingerprint density at radius 1 is 1.00 bits per heavy atom. The molecule has 15 heteroatoms. The minimum Gasteiger partial charge on any atom is -0.507 e. The Bertz CT molecular complexity index is 2140. The highest BCUT2D eigenvalue weighted by molar-refractivity contribution is 7.23. The zero-order chi connectivity index (χ0) is 42.3. The summed E-state index contributed by atoms with van der Waals surface area (Å²) < 4.78 is 24.2. The second-order valence-electron chi connectivity index (χ2n) is 15.2. The van der Waals surface area contributed by atoms with Gasteiger partial charge in [0.2, 0.25) is 0 Å². The molecule has 0 fully saturated rings. The molecule has 4 bridgehead atoms. The molecular formula is C42H55N3O11S. The summed E-state index contributed by atoms with van der Waals surface area (Å²) in [6.45, 7) is 18.0. The molecule has 0 spiro atoms. The minimum absolute atomic E-state index is 0.0139. The van der Waals surface area contributed by atoms with E-state index in [4.69, 9.17) is 23.9 Å². The quantitative estimate of drug-likeness (QED) is 0.138. The monoisotopic (exact) mass is 809 g/mol. The molecule has 5 N–H and O–H groups in total. The average molecular weight is 810 g/mol. The number of carbonyl (C=O) groups excluding carboxylic acids is 3. The molecule has 2 aliphatic heterocycles. The van der Waals surface area contributed by atoms with Crippen molar-refractivity contribution in [3.8, 4) is 17.2 Å². The summed E-state index contributed by atoms with van der Waals surface area (Å²) in [4.78, 5) is 47.5. The smallest absolute Gasteiger partial charge is 0.312 e. The van der Waals surface area contributed by atoms with Crippen molar-refractivity contribution in [3.05, 3.63) is 47.3 Å². The van der Waals surface area contributed by atoms with Crippen LogP contribution < -0.4 is 15.0 Å². The average Bonchev–Trinajstić information content (AvgIpc) is 3.72. The van der Waals surface area contributed by atoms with Crippen LogP contribution in [0.15, 0.2) is 36.1 Å². The highest BCUT2D eigenvalue weighted by atomic mass is 32.1. The normalized spacial score (nSPS) is 30.7. The van der Waals surface area contributed by atoms with Crippen molar-refractivity contribution in [3.63, 3.8) is 0 Å². The summed E-state index contributed by atoms with van der Waals surface area (Å²) in [5.41, 5.74) is 0.740. The number of anilines is 2. The summed E-state index contributed by atoms with van der Waals surface area (Å²) in [7, 11) is 1.46. The van der Waals surface area contributed by atoms with E-state index in [-0.39, 0.29) is 50.2 Å². The number of methoxy groups -OCH3 is 1. The second-order valence-corrected chi connectivity index (χ2v) is 16.2. The van der Waals surface area contributed by atoms with Gasteiger partial charge < -0.3 is 49.6 Å². The first-order chi connectivity index (χ1) is 26.8. The van der Waals surface area contributed by atoms with Gasteiger partial charge in [-0.25, -0.2) is 4.98 Å². The third-order valence-corrected chi connectivity index (χ3v) is 12.5. The van der Waals surface area contributed by atoms with Crippen molar-refractivity contribution >= 4 is 60.8 Å². The summed E-state index contributed by atoms with van der Waals surface area (Å²) >= 11 is 1.22. The number of aromatic hydroxyl groups is 2. The van der Waals surface area contributed by atoms with Crippen LogP contribution >= 0.6 is 11.3 Å². The fourth-order valence-electron chi connectivity index (χ4n) is 7.74. The summed E-state index contributed by atoms with van der Waals surface area (Å²) in [5.74, 6) is -6.80. The topological polar surface area (TPSA) is 197 Å². The van der Waals surface area contributed by atoms with Gasteiger partial charge in [-0.1, -0.05) is 57.3 Å². The van der Waals surface area contributed by atoms with Gasteiger partial charge in [-0.05, 0) is 33.8 Å². The number of aromatic nitrogens is 1. The number of fused-ring (bicyclic) bond motifs is 1. The van der Waals surface area contributed by atoms with Gasteiger partial charge in [-0.3, -0.25) is 14.4 Å². The fourth-order valence-corrected chi connectivity index (χ4v) is 8.94. The Morgan fingerprint density at radius 2 is 1.67 bits per heavy atom. The van der Waals surface area contributed by atoms with Gasteiger partial charge in [0.05, 0.1) is 45.7 Å². The van der Waals surface area contributed by atoms with E-state index < -0.39 is 77.3 Å². The number of aliphatic hydroxyl groups is 2. The first-order valence-electron chi connectivity index (χ1n) is 19.2. The number of benzene rings is 2. The Balaban J connectivity index is 1.75. The molecular weight excluding hydrogens is 755 g/mol. The van der Waals surface area contributed by atoms with E-state index in [1.54, 1.807) is 65.8 Å². The second kappa shape index (κ2) is 17.0. The number of phenols is 2. The predicted molar refractivity (Wildman–Crippen MR) is 219 cm³/mol. The molecule has 5 rings (SSSR count). The molecule has 1 aromatic heterocycles. The van der Waals surface area contributed by atoms with Gasteiger partial charge in [0.1, 0.15) is 23.3 Å². The van der Waals surface area contributed by atoms with Crippen LogP contribution in [0.1, 0.15) is 78.2 Å². The molecule has 14 nitrogen and oxygen atoms in total. The first-order valence-corrected chi connectivity index (χ1v) is 20.0. The minimum atomic E-state index is -1.94. The third kappa shape index (κ3) is 7.94. The molecule has 3 heterocycles. The number of aliphatic hydroxyl groups excluding tert-OH is 2. The van der Waals surface area contributed by atoms with Crippen molar-refractivity contribution in [2.75, 3.05) is 30.4 Å². The number of esters is 1. The molecule has 0 aliphatic carbocycles. The molecule has 9 atom stereocenters. The zero-order valence-electron chi connectivity index (χ0n) is 34.4. The molecule has 0 saturated heterocycles. The number of nitrogens with zero attached hydrogens (tertiary/aromatic N) is 2. The van der Waals surface area contributed by atoms with Crippen molar-refractivity contribution < 1.29 is 53.8 Å². The lowest BCUT2D eigenvalue weighted by atomic mass is 9.78. The maximum Gasteiger partial charge on any atom is 0.312 e. The van der Waals surface area contributed by atoms with Crippen LogP contribution in [0.2, 0.25) is 0 Å². The Hall–Kier alpha value is -4.70. The van der Waals surface area contributed by atoms with Gasteiger partial charge in [0.25, 0.3) is 11.7 Å². The molecule has 310 valence electrons. The maximum atomic E-state index is 14.5. The van der Waals surface area contributed by atoms with Gasteiger partial charge in [-0.15, -0.1) is 0 Å². The van der Waals surface area contributed by atoms with Crippen molar-refractivity contribution in [2.24, 2.45) is 23.7 Å². The van der Waals surface area contributed by atoms with E-state index >= 15 is 0 Å². The lowest BCUT2D eigenvalue weighted by Crippen LogP contribution is -2.46. The molecule has 2 aromatic carbocycles. The highest BCUT2D eigenvalue weighted by Crippen LogP contribution is 2.55. The molecule has 2 aliphatic rings. The van der Waals surface area contributed by atoms with Crippen molar-refractivity contribution in [2.45, 2.75) is 99.4 Å². The van der Waals surface area contributed by atoms with E-state index in [0.29, 0.717) is 22.9 Å². The Labute approximate surface area is 336 Å². The molecule has 1 amide bonds. The Morgan fingerprint density at radius 3 is 2.28 bits per heavy atom. The van der Waals surface area contributed by atoms with Gasteiger partial charge in [-0.2, -0.15) is 0 Å². The number of ketones is 1. The van der Waals surface area contributed by atoms with Crippen LogP contribution in [0.3, 0.4) is 0 Å². The SMILES string of the molecule is CCN(CC)c1nc2c(s1)c1c(O)c3c(O)c(C)c4c(c32)C(=O)C(C)(O/C=C/C(OC)C(C)C(OC(C)=O)C(C)C(O)C(C)C(O)C(C)/C=C/C=C(/C)C(=O)N1)O4. The number of Topliss-reactive ketones (excluding diaryl/α,β-unsaturated/α-hetero) is 1. The number of hydrogen-bond acceptors (Lipinski definition) is 14. The van der Waals surface area contributed by atoms with E-state index in [2.05, 4.69) is 5.32 Å². The lowest BCUT2D eigenvalue weighted by molar-refractivity contribution is -0.160. The first kappa shape index (κ1) is 43.4. The van der Waals surface area contributed by atoms with Crippen LogP contribution in [0.4, 0.5) is 10.8 Å². The van der Waals surface area contributed by atoms with Crippen molar-refractivity contribution in [1.29, 1.82) is 0 Å². The van der Waals surface area contributed by atoms with Gasteiger partial charge in [0, 0.05) is 74.2 Å². The summed E-state index contributed by atoms with van der Waals surface area (Å²) in [6, 6.07) is 0. The zero-order valence-corrected chi connectivity index (χ0v) is 35.2. The number of nitrogens with one attached hydrogen (secondary N) is 1. The fraction of sp³-hybridized carbons (Fsp3) is 0.524. The number of phenolic OH excluding ortho intramolecular Hbond substituents is 2. The number of carbonyl (C=O) groups is 3. The third-order valence-electron chi connectivity index (χ3n) is 11.4. The maximum absolute atomic E-state index is 14.5. The molecule has 0 radical (unpaired) electrons. The lowest BCUT2D eigenvalue weighted by Gasteiger charge is -2.38. The number of hydrogen-bond donors (Lipinski definition) is 5. The van der Waals surface area contributed by atoms with E-state index in [9.17, 15) is 34.8 Å². The predicted octanol–water partition coefficient (Wildman–Crippen LogP) is 6.50. The van der Waals surface area contributed by atoms with Gasteiger partial charge >= 0.3 is 11.8 Å². The molecule has 3 aromatic rings. The molecule has 0 saturated carbocycles. The van der Waals surface area contributed by atoms with Crippen LogP contribution in [-0.2, 0) is 23.8 Å². The number of ether oxygens (including phenoxy) is 4. The Kier molecular flexibility index (Phi) is 13.0. The highest BCUT2D eigenvalue weighted by Gasteiger charge is 2.50. The summed E-state index contributed by atoms with van der Waals surface area (Å²) in [5, 5.41) is 49.9. The molecule has 9 unspecified atom stereocenters. The number of amides is 1.